The molecule has 138 valence electrons. The Kier molecular flexibility index (Phi) is 4.76. The van der Waals surface area contributed by atoms with E-state index in [9.17, 15) is 9.18 Å². The van der Waals surface area contributed by atoms with Gasteiger partial charge in [-0.25, -0.2) is 9.37 Å². The summed E-state index contributed by atoms with van der Waals surface area (Å²) in [6.45, 7) is 5.35. The Morgan fingerprint density at radius 2 is 2.04 bits per heavy atom. The van der Waals surface area contributed by atoms with E-state index in [1.807, 2.05) is 12.1 Å². The zero-order chi connectivity index (χ0) is 18.1. The Balaban J connectivity index is 1.55. The molecule has 0 amide bonds. The molecule has 3 heterocycles. The second-order valence-corrected chi connectivity index (χ2v) is 7.44. The number of piperidine rings is 1. The molecule has 1 aromatic carbocycles. The molecule has 2 aliphatic heterocycles. The van der Waals surface area contributed by atoms with Crippen LogP contribution in [-0.2, 0) is 19.5 Å². The molecule has 6 heteroatoms. The predicted molar refractivity (Wildman–Crippen MR) is 99.7 cm³/mol. The van der Waals surface area contributed by atoms with Gasteiger partial charge < -0.3 is 4.90 Å². The maximum absolute atomic E-state index is 13.1. The molecule has 0 unspecified atom stereocenters. The third-order valence-corrected chi connectivity index (χ3v) is 5.53. The summed E-state index contributed by atoms with van der Waals surface area (Å²) in [6.07, 6.45) is 4.21. The minimum absolute atomic E-state index is 0.00389. The average Bonchev–Trinajstić information content (AvgIpc) is 2.64. The Labute approximate surface area is 152 Å². The third kappa shape index (κ3) is 3.51. The first-order valence-corrected chi connectivity index (χ1v) is 9.45. The van der Waals surface area contributed by atoms with Crippen molar-refractivity contribution in [1.82, 2.24) is 14.9 Å². The minimum Gasteiger partial charge on any atom is -0.340 e. The third-order valence-electron chi connectivity index (χ3n) is 5.53. The van der Waals surface area contributed by atoms with E-state index < -0.39 is 0 Å². The van der Waals surface area contributed by atoms with E-state index >= 15 is 0 Å². The Morgan fingerprint density at radius 3 is 2.81 bits per heavy atom. The van der Waals surface area contributed by atoms with Gasteiger partial charge in [0.1, 0.15) is 5.82 Å². The van der Waals surface area contributed by atoms with Crippen LogP contribution in [0.15, 0.2) is 29.1 Å². The molecule has 1 atom stereocenters. The van der Waals surface area contributed by atoms with Crippen molar-refractivity contribution in [3.8, 4) is 0 Å². The summed E-state index contributed by atoms with van der Waals surface area (Å²) in [4.78, 5) is 24.9. The number of H-pyrrole nitrogens is 1. The average molecular weight is 356 g/mol. The van der Waals surface area contributed by atoms with E-state index in [-0.39, 0.29) is 11.4 Å². The largest absolute Gasteiger partial charge is 0.340 e. The zero-order valence-corrected chi connectivity index (χ0v) is 15.2. The summed E-state index contributed by atoms with van der Waals surface area (Å²) in [5.41, 5.74) is 2.78. The van der Waals surface area contributed by atoms with Crippen molar-refractivity contribution >= 4 is 5.95 Å². The number of hydrogen-bond acceptors (Lipinski definition) is 4. The van der Waals surface area contributed by atoms with Gasteiger partial charge in [-0.05, 0) is 50.3 Å². The topological polar surface area (TPSA) is 52.2 Å². The second kappa shape index (κ2) is 7.19. The normalized spacial score (nSPS) is 20.8. The van der Waals surface area contributed by atoms with Gasteiger partial charge in [0.15, 0.2) is 0 Å². The van der Waals surface area contributed by atoms with Crippen LogP contribution < -0.4 is 10.5 Å². The number of halogens is 1. The predicted octanol–water partition coefficient (Wildman–Crippen LogP) is 2.85. The second-order valence-electron chi connectivity index (χ2n) is 7.44. The number of hydrogen-bond donors (Lipinski definition) is 1. The summed E-state index contributed by atoms with van der Waals surface area (Å²) in [7, 11) is 0. The lowest BCUT2D eigenvalue weighted by Crippen LogP contribution is -2.41. The smallest absolute Gasteiger partial charge is 0.255 e. The van der Waals surface area contributed by atoms with Crippen LogP contribution >= 0.6 is 0 Å². The van der Waals surface area contributed by atoms with E-state index in [0.29, 0.717) is 25.0 Å². The van der Waals surface area contributed by atoms with Crippen LogP contribution in [0.25, 0.3) is 0 Å². The molecule has 1 aromatic heterocycles. The first kappa shape index (κ1) is 17.2. The van der Waals surface area contributed by atoms with Gasteiger partial charge in [-0.1, -0.05) is 12.1 Å². The first-order valence-electron chi connectivity index (χ1n) is 9.45. The highest BCUT2D eigenvalue weighted by Gasteiger charge is 2.25. The Bertz CT molecular complexity index is 833. The molecule has 2 aromatic rings. The molecule has 5 nitrogen and oxygen atoms in total. The van der Waals surface area contributed by atoms with Crippen LogP contribution in [0.5, 0.6) is 0 Å². The van der Waals surface area contributed by atoms with Gasteiger partial charge in [0.25, 0.3) is 5.56 Å². The Hall–Kier alpha value is -2.21. The maximum atomic E-state index is 13.1. The van der Waals surface area contributed by atoms with Crippen molar-refractivity contribution in [2.24, 2.45) is 0 Å². The lowest BCUT2D eigenvalue weighted by molar-refractivity contribution is 0.240. The van der Waals surface area contributed by atoms with E-state index in [4.69, 9.17) is 4.98 Å². The Morgan fingerprint density at radius 1 is 1.23 bits per heavy atom. The number of benzene rings is 1. The standard InChI is InChI=1S/C20H25FN4O/c1-14-4-2-3-10-25(14)20-22-18-13-24(11-9-17(18)19(26)23-20)12-15-5-7-16(21)8-6-15/h5-8,14H,2-4,9-13H2,1H3,(H,22,23,26)/t14-/m0/s1. The molecule has 0 saturated carbocycles. The fraction of sp³-hybridized carbons (Fsp3) is 0.500. The molecule has 1 fully saturated rings. The lowest BCUT2D eigenvalue weighted by atomic mass is 10.0. The summed E-state index contributed by atoms with van der Waals surface area (Å²) in [5.74, 6) is 0.496. The zero-order valence-electron chi connectivity index (χ0n) is 15.2. The molecule has 26 heavy (non-hydrogen) atoms. The van der Waals surface area contributed by atoms with E-state index in [1.54, 1.807) is 0 Å². The highest BCUT2D eigenvalue weighted by Crippen LogP contribution is 2.23. The van der Waals surface area contributed by atoms with E-state index in [2.05, 4.69) is 21.7 Å². The van der Waals surface area contributed by atoms with Crippen molar-refractivity contribution in [3.63, 3.8) is 0 Å². The van der Waals surface area contributed by atoms with E-state index in [0.717, 1.165) is 49.3 Å². The van der Waals surface area contributed by atoms with Gasteiger partial charge >= 0.3 is 0 Å². The number of nitrogens with zero attached hydrogens (tertiary/aromatic N) is 3. The molecule has 0 aliphatic carbocycles. The first-order chi connectivity index (χ1) is 12.6. The molecule has 1 saturated heterocycles. The van der Waals surface area contributed by atoms with Crippen LogP contribution in [0, 0.1) is 5.82 Å². The van der Waals surface area contributed by atoms with Gasteiger partial charge in [-0.15, -0.1) is 0 Å². The van der Waals surface area contributed by atoms with Crippen LogP contribution in [0.3, 0.4) is 0 Å². The van der Waals surface area contributed by atoms with Crippen molar-refractivity contribution in [2.75, 3.05) is 18.0 Å². The van der Waals surface area contributed by atoms with Crippen molar-refractivity contribution in [3.05, 3.63) is 57.3 Å². The number of anilines is 1. The van der Waals surface area contributed by atoms with Crippen molar-refractivity contribution in [2.45, 2.75) is 51.7 Å². The molecule has 4 rings (SSSR count). The van der Waals surface area contributed by atoms with Crippen LogP contribution in [0.1, 0.15) is 43.0 Å². The number of aromatic nitrogens is 2. The summed E-state index contributed by atoms with van der Waals surface area (Å²) in [5, 5.41) is 0. The quantitative estimate of drug-likeness (QED) is 0.919. The molecule has 1 N–H and O–H groups in total. The highest BCUT2D eigenvalue weighted by atomic mass is 19.1. The monoisotopic (exact) mass is 356 g/mol. The van der Waals surface area contributed by atoms with E-state index in [1.165, 1.54) is 18.6 Å². The molecule has 0 bridgehead atoms. The highest BCUT2D eigenvalue weighted by molar-refractivity contribution is 5.36. The molecule has 0 radical (unpaired) electrons. The SMILES string of the molecule is C[C@H]1CCCCN1c1nc2c(c(=O)[nH]1)CCN(Cc1ccc(F)cc1)C2. The number of rotatable bonds is 3. The summed E-state index contributed by atoms with van der Waals surface area (Å²) >= 11 is 0. The number of aromatic amines is 1. The molecular formula is C20H25FN4O. The van der Waals surface area contributed by atoms with Crippen LogP contribution in [0.4, 0.5) is 10.3 Å². The number of nitrogens with one attached hydrogen (secondary N) is 1. The fourth-order valence-corrected chi connectivity index (χ4v) is 4.01. The van der Waals surface area contributed by atoms with Gasteiger partial charge in [0.2, 0.25) is 5.95 Å². The minimum atomic E-state index is -0.216. The maximum Gasteiger partial charge on any atom is 0.255 e. The fourth-order valence-electron chi connectivity index (χ4n) is 4.01. The molecule has 2 aliphatic rings. The van der Waals surface area contributed by atoms with Crippen LogP contribution in [0.2, 0.25) is 0 Å². The number of fused-ring (bicyclic) bond motifs is 1. The lowest BCUT2D eigenvalue weighted by Gasteiger charge is -2.35. The summed E-state index contributed by atoms with van der Waals surface area (Å²) in [6, 6.07) is 7.02. The molecular weight excluding hydrogens is 331 g/mol. The van der Waals surface area contributed by atoms with Gasteiger partial charge in [-0.2, -0.15) is 0 Å². The molecule has 0 spiro atoms. The van der Waals surface area contributed by atoms with Crippen molar-refractivity contribution in [1.29, 1.82) is 0 Å². The van der Waals surface area contributed by atoms with Crippen molar-refractivity contribution < 1.29 is 4.39 Å². The van der Waals surface area contributed by atoms with Crippen LogP contribution in [-0.4, -0.2) is 34.0 Å². The van der Waals surface area contributed by atoms with Gasteiger partial charge in [-0.3, -0.25) is 14.7 Å². The van der Waals surface area contributed by atoms with Gasteiger partial charge in [0, 0.05) is 37.8 Å². The summed E-state index contributed by atoms with van der Waals surface area (Å²) < 4.78 is 13.1. The van der Waals surface area contributed by atoms with Gasteiger partial charge in [0.05, 0.1) is 5.69 Å².